The molecule has 1 aromatic rings. The Morgan fingerprint density at radius 2 is 2.05 bits per heavy atom. The van der Waals surface area contributed by atoms with Crippen molar-refractivity contribution < 1.29 is 0 Å². The molecule has 3 nitrogen and oxygen atoms in total. The van der Waals surface area contributed by atoms with Crippen LogP contribution < -0.4 is 10.6 Å². The average Bonchev–Trinajstić information content (AvgIpc) is 2.49. The van der Waals surface area contributed by atoms with Crippen molar-refractivity contribution in [1.29, 1.82) is 0 Å². The molecule has 5 heteroatoms. The van der Waals surface area contributed by atoms with E-state index in [9.17, 15) is 0 Å². The van der Waals surface area contributed by atoms with E-state index in [4.69, 9.17) is 0 Å². The van der Waals surface area contributed by atoms with Crippen LogP contribution >= 0.6 is 35.7 Å². The molecule has 22 heavy (non-hydrogen) atoms. The summed E-state index contributed by atoms with van der Waals surface area (Å²) in [6, 6.07) is 8.71. The summed E-state index contributed by atoms with van der Waals surface area (Å²) in [7, 11) is 1.83. The maximum atomic E-state index is 4.28. The van der Waals surface area contributed by atoms with Crippen LogP contribution in [0.15, 0.2) is 29.3 Å². The van der Waals surface area contributed by atoms with Crippen molar-refractivity contribution in [3.8, 4) is 0 Å². The van der Waals surface area contributed by atoms with E-state index in [0.717, 1.165) is 19.0 Å². The van der Waals surface area contributed by atoms with Crippen LogP contribution in [-0.4, -0.2) is 38.1 Å². The summed E-state index contributed by atoms with van der Waals surface area (Å²) in [5, 5.41) is 6.79. The van der Waals surface area contributed by atoms with Gasteiger partial charge in [0.2, 0.25) is 0 Å². The normalized spacial score (nSPS) is 12.5. The van der Waals surface area contributed by atoms with E-state index in [1.54, 1.807) is 0 Å². The lowest BCUT2D eigenvalue weighted by Crippen LogP contribution is -2.39. The van der Waals surface area contributed by atoms with Crippen LogP contribution in [0, 0.1) is 6.92 Å². The molecule has 1 unspecified atom stereocenters. The zero-order valence-corrected chi connectivity index (χ0v) is 17.3. The molecule has 1 atom stereocenters. The van der Waals surface area contributed by atoms with Crippen molar-refractivity contribution in [2.24, 2.45) is 4.99 Å². The molecule has 0 saturated heterocycles. The zero-order chi connectivity index (χ0) is 15.5. The smallest absolute Gasteiger partial charge is 0.190 e. The van der Waals surface area contributed by atoms with Crippen LogP contribution in [0.3, 0.4) is 0 Å². The number of aliphatic imine (C=N–C) groups is 1. The third kappa shape index (κ3) is 8.88. The summed E-state index contributed by atoms with van der Waals surface area (Å²) in [6.07, 6.45) is 4.60. The molecule has 2 N–H and O–H groups in total. The van der Waals surface area contributed by atoms with Gasteiger partial charge in [0.05, 0.1) is 0 Å². The Morgan fingerprint density at radius 3 is 2.68 bits per heavy atom. The van der Waals surface area contributed by atoms with Gasteiger partial charge in [0.25, 0.3) is 0 Å². The molecule has 0 radical (unpaired) electrons. The second-order valence-corrected chi connectivity index (χ2v) is 6.38. The summed E-state index contributed by atoms with van der Waals surface area (Å²) in [5.74, 6) is 2.61. The number of unbranched alkanes of at least 4 members (excludes halogenated alkanes) is 1. The van der Waals surface area contributed by atoms with E-state index in [1.165, 1.54) is 29.7 Å². The average molecular weight is 435 g/mol. The monoisotopic (exact) mass is 435 g/mol. The molecule has 0 aliphatic rings. The fraction of sp³-hybridized carbons (Fsp3) is 0.588. The molecule has 0 aliphatic heterocycles. The number of hydrogen-bond donors (Lipinski definition) is 2. The van der Waals surface area contributed by atoms with Gasteiger partial charge in [-0.25, -0.2) is 0 Å². The minimum Gasteiger partial charge on any atom is -0.356 e. The molecular weight excluding hydrogens is 405 g/mol. The van der Waals surface area contributed by atoms with Crippen molar-refractivity contribution in [3.63, 3.8) is 0 Å². The van der Waals surface area contributed by atoms with Crippen molar-refractivity contribution in [2.75, 3.05) is 32.1 Å². The van der Waals surface area contributed by atoms with Gasteiger partial charge in [-0.3, -0.25) is 4.99 Å². The number of nitrogens with one attached hydrogen (secondary N) is 2. The molecule has 0 aliphatic carbocycles. The van der Waals surface area contributed by atoms with Crippen LogP contribution in [0.2, 0.25) is 0 Å². The number of rotatable bonds is 8. The van der Waals surface area contributed by atoms with Crippen molar-refractivity contribution in [3.05, 3.63) is 35.4 Å². The van der Waals surface area contributed by atoms with Crippen LogP contribution in [0.4, 0.5) is 0 Å². The SMILES string of the molecule is CN=C(NCCCCSC)NCC(C)c1cccc(C)c1.I. The second-order valence-electron chi connectivity index (χ2n) is 5.39. The van der Waals surface area contributed by atoms with Crippen molar-refractivity contribution >= 4 is 41.7 Å². The summed E-state index contributed by atoms with van der Waals surface area (Å²) in [4.78, 5) is 4.28. The first-order valence-corrected chi connectivity index (χ1v) is 9.06. The zero-order valence-electron chi connectivity index (χ0n) is 14.2. The summed E-state index contributed by atoms with van der Waals surface area (Å²) < 4.78 is 0. The predicted molar refractivity (Wildman–Crippen MR) is 112 cm³/mol. The topological polar surface area (TPSA) is 36.4 Å². The van der Waals surface area contributed by atoms with E-state index < -0.39 is 0 Å². The molecule has 0 spiro atoms. The summed E-state index contributed by atoms with van der Waals surface area (Å²) in [6.45, 7) is 6.26. The highest BCUT2D eigenvalue weighted by Gasteiger charge is 2.06. The summed E-state index contributed by atoms with van der Waals surface area (Å²) >= 11 is 1.91. The fourth-order valence-electron chi connectivity index (χ4n) is 2.14. The first kappa shape index (κ1) is 21.6. The molecule has 0 amide bonds. The Hall–Kier alpha value is -0.430. The number of benzene rings is 1. The van der Waals surface area contributed by atoms with Gasteiger partial charge in [-0.1, -0.05) is 36.8 Å². The Bertz CT molecular complexity index is 438. The second kappa shape index (κ2) is 13.0. The number of halogens is 1. The molecule has 0 heterocycles. The Labute approximate surface area is 157 Å². The lowest BCUT2D eigenvalue weighted by molar-refractivity contribution is 0.686. The standard InChI is InChI=1S/C17H29N3S.HI/c1-14-8-7-9-16(12-14)15(2)13-20-17(18-3)19-10-5-6-11-21-4;/h7-9,12,15H,5-6,10-11,13H2,1-4H3,(H2,18,19,20);1H. The minimum absolute atomic E-state index is 0. The molecule has 1 aromatic carbocycles. The fourth-order valence-corrected chi connectivity index (χ4v) is 2.64. The number of thioether (sulfide) groups is 1. The third-order valence-electron chi connectivity index (χ3n) is 3.48. The predicted octanol–water partition coefficient (Wildman–Crippen LogP) is 4.02. The third-order valence-corrected chi connectivity index (χ3v) is 4.18. The van der Waals surface area contributed by atoms with Crippen molar-refractivity contribution in [1.82, 2.24) is 10.6 Å². The molecule has 0 saturated carbocycles. The van der Waals surface area contributed by atoms with E-state index >= 15 is 0 Å². The van der Waals surface area contributed by atoms with Crippen LogP contribution in [0.1, 0.15) is 36.8 Å². The minimum atomic E-state index is 0. The number of hydrogen-bond acceptors (Lipinski definition) is 2. The van der Waals surface area contributed by atoms with Gasteiger partial charge >= 0.3 is 0 Å². The quantitative estimate of drug-likeness (QED) is 0.280. The molecule has 0 fully saturated rings. The maximum Gasteiger partial charge on any atom is 0.190 e. The van der Waals surface area contributed by atoms with Gasteiger partial charge < -0.3 is 10.6 Å². The summed E-state index contributed by atoms with van der Waals surface area (Å²) in [5.41, 5.74) is 2.69. The van der Waals surface area contributed by atoms with Crippen molar-refractivity contribution in [2.45, 2.75) is 32.6 Å². The van der Waals surface area contributed by atoms with Crippen LogP contribution in [0.25, 0.3) is 0 Å². The van der Waals surface area contributed by atoms with Gasteiger partial charge in [0.1, 0.15) is 0 Å². The van der Waals surface area contributed by atoms with Gasteiger partial charge in [0, 0.05) is 20.1 Å². The molecular formula is C17H30IN3S. The van der Waals surface area contributed by atoms with Gasteiger partial charge in [-0.15, -0.1) is 24.0 Å². The first-order chi connectivity index (χ1) is 10.2. The van der Waals surface area contributed by atoms with Gasteiger partial charge in [-0.05, 0) is 43.3 Å². The van der Waals surface area contributed by atoms with Gasteiger partial charge in [-0.2, -0.15) is 11.8 Å². The molecule has 0 aromatic heterocycles. The lowest BCUT2D eigenvalue weighted by Gasteiger charge is -2.16. The highest BCUT2D eigenvalue weighted by Crippen LogP contribution is 2.15. The molecule has 126 valence electrons. The Balaban J connectivity index is 0.00000441. The van der Waals surface area contributed by atoms with Gasteiger partial charge in [0.15, 0.2) is 5.96 Å². The van der Waals surface area contributed by atoms with Crippen LogP contribution in [0.5, 0.6) is 0 Å². The van der Waals surface area contributed by atoms with E-state index in [-0.39, 0.29) is 24.0 Å². The largest absolute Gasteiger partial charge is 0.356 e. The number of nitrogens with zero attached hydrogens (tertiary/aromatic N) is 1. The molecule has 0 bridgehead atoms. The van der Waals surface area contributed by atoms with E-state index in [2.05, 4.69) is 60.0 Å². The Morgan fingerprint density at radius 1 is 1.27 bits per heavy atom. The van der Waals surface area contributed by atoms with Crippen LogP contribution in [-0.2, 0) is 0 Å². The molecule has 1 rings (SSSR count). The maximum absolute atomic E-state index is 4.28. The number of aryl methyl sites for hydroxylation is 1. The first-order valence-electron chi connectivity index (χ1n) is 7.67. The Kier molecular flexibility index (Phi) is 12.8. The lowest BCUT2D eigenvalue weighted by atomic mass is 9.99. The highest BCUT2D eigenvalue weighted by molar-refractivity contribution is 14.0. The van der Waals surface area contributed by atoms with E-state index in [1.807, 2.05) is 18.8 Å². The number of guanidine groups is 1. The highest BCUT2D eigenvalue weighted by atomic mass is 127. The van der Waals surface area contributed by atoms with E-state index in [0.29, 0.717) is 5.92 Å².